The molecule has 0 bridgehead atoms. The van der Waals surface area contributed by atoms with E-state index in [9.17, 15) is 13.2 Å². The lowest BCUT2D eigenvalue weighted by molar-refractivity contribution is -0.119. The molecule has 0 aliphatic carbocycles. The van der Waals surface area contributed by atoms with Gasteiger partial charge < -0.3 is 10.2 Å². The van der Waals surface area contributed by atoms with Gasteiger partial charge in [-0.15, -0.1) is 0 Å². The van der Waals surface area contributed by atoms with Crippen LogP contribution in [0.2, 0.25) is 0 Å². The second-order valence-corrected chi connectivity index (χ2v) is 9.86. The van der Waals surface area contributed by atoms with E-state index in [0.29, 0.717) is 18.2 Å². The van der Waals surface area contributed by atoms with E-state index in [-0.39, 0.29) is 17.3 Å². The fraction of sp³-hybridized carbons (Fsp3) is 0.435. The number of hydrogen-bond acceptors (Lipinski definition) is 4. The number of benzene rings is 2. The van der Waals surface area contributed by atoms with Crippen LogP contribution in [-0.4, -0.2) is 52.5 Å². The molecule has 0 unspecified atom stereocenters. The predicted molar refractivity (Wildman–Crippen MR) is 120 cm³/mol. The Morgan fingerprint density at radius 3 is 2.37 bits per heavy atom. The van der Waals surface area contributed by atoms with Gasteiger partial charge >= 0.3 is 0 Å². The van der Waals surface area contributed by atoms with E-state index in [0.717, 1.165) is 37.9 Å². The summed E-state index contributed by atoms with van der Waals surface area (Å²) < 4.78 is 27.8. The van der Waals surface area contributed by atoms with Crippen LogP contribution in [-0.2, 0) is 14.8 Å². The number of para-hydroxylation sites is 1. The zero-order valence-electron chi connectivity index (χ0n) is 17.8. The zero-order valence-corrected chi connectivity index (χ0v) is 18.6. The van der Waals surface area contributed by atoms with E-state index in [1.54, 1.807) is 42.5 Å². The van der Waals surface area contributed by atoms with Crippen molar-refractivity contribution in [2.24, 2.45) is 5.92 Å². The molecule has 7 heteroatoms. The molecule has 30 heavy (non-hydrogen) atoms. The lowest BCUT2D eigenvalue weighted by Crippen LogP contribution is -2.42. The molecule has 0 spiro atoms. The highest BCUT2D eigenvalue weighted by molar-refractivity contribution is 7.92. The summed E-state index contributed by atoms with van der Waals surface area (Å²) >= 11 is 0. The van der Waals surface area contributed by atoms with E-state index in [1.165, 1.54) is 4.31 Å². The third kappa shape index (κ3) is 5.61. The number of rotatable bonds is 8. The number of nitrogens with one attached hydrogen (secondary N) is 1. The summed E-state index contributed by atoms with van der Waals surface area (Å²) in [5, 5.41) is 2.93. The Bertz CT molecular complexity index is 939. The summed E-state index contributed by atoms with van der Waals surface area (Å²) in [6.07, 6.45) is 3.21. The largest absolute Gasteiger partial charge is 0.355 e. The summed E-state index contributed by atoms with van der Waals surface area (Å²) in [5.74, 6) is 0.327. The summed E-state index contributed by atoms with van der Waals surface area (Å²) in [7, 11) is -1.73. The first-order valence-electron chi connectivity index (χ1n) is 10.5. The molecule has 0 aromatic heterocycles. The number of nitrogens with zero attached hydrogens (tertiary/aromatic N) is 2. The van der Waals surface area contributed by atoms with E-state index >= 15 is 0 Å². The Morgan fingerprint density at radius 1 is 1.07 bits per heavy atom. The van der Waals surface area contributed by atoms with Gasteiger partial charge in [0.05, 0.1) is 10.6 Å². The van der Waals surface area contributed by atoms with Crippen molar-refractivity contribution >= 4 is 21.6 Å². The number of amides is 1. The average molecular weight is 430 g/mol. The Hall–Kier alpha value is -2.38. The van der Waals surface area contributed by atoms with Crippen molar-refractivity contribution in [2.75, 3.05) is 37.5 Å². The van der Waals surface area contributed by atoms with Gasteiger partial charge in [0.1, 0.15) is 6.54 Å². The molecular formula is C23H31N3O3S. The van der Waals surface area contributed by atoms with E-state index in [4.69, 9.17) is 0 Å². The third-order valence-corrected chi connectivity index (χ3v) is 7.49. The van der Waals surface area contributed by atoms with E-state index in [2.05, 4.69) is 17.3 Å². The maximum Gasteiger partial charge on any atom is 0.264 e. The highest BCUT2D eigenvalue weighted by atomic mass is 32.2. The normalized spacial score (nSPS) is 15.7. The molecule has 2 aromatic rings. The Morgan fingerprint density at radius 2 is 1.70 bits per heavy atom. The number of carbonyl (C=O) groups excluding carboxylic acids is 1. The van der Waals surface area contributed by atoms with E-state index in [1.807, 2.05) is 19.1 Å². The van der Waals surface area contributed by atoms with Gasteiger partial charge in [-0.3, -0.25) is 9.10 Å². The quantitative estimate of drug-likeness (QED) is 0.700. The highest BCUT2D eigenvalue weighted by Crippen LogP contribution is 2.26. The number of likely N-dealkylation sites (tertiary alicyclic amines) is 1. The smallest absolute Gasteiger partial charge is 0.264 e. The summed E-state index contributed by atoms with van der Waals surface area (Å²) in [5.41, 5.74) is 1.32. The van der Waals surface area contributed by atoms with Gasteiger partial charge in [0.2, 0.25) is 5.91 Å². The summed E-state index contributed by atoms with van der Waals surface area (Å²) in [6.45, 7) is 4.36. The minimum Gasteiger partial charge on any atom is -0.355 e. The van der Waals surface area contributed by atoms with Crippen LogP contribution in [0, 0.1) is 12.8 Å². The average Bonchev–Trinajstić information content (AvgIpc) is 2.75. The second-order valence-electron chi connectivity index (χ2n) is 8.00. The molecule has 1 aliphatic rings. The van der Waals surface area contributed by atoms with Gasteiger partial charge in [0.25, 0.3) is 10.0 Å². The van der Waals surface area contributed by atoms with Gasteiger partial charge in [-0.2, -0.15) is 0 Å². The lowest BCUT2D eigenvalue weighted by atomic mass is 9.94. The van der Waals surface area contributed by atoms with Crippen molar-refractivity contribution in [3.8, 4) is 0 Å². The predicted octanol–water partition coefficient (Wildman–Crippen LogP) is 3.04. The van der Waals surface area contributed by atoms with Gasteiger partial charge in [-0.25, -0.2) is 8.42 Å². The van der Waals surface area contributed by atoms with Crippen LogP contribution in [0.3, 0.4) is 0 Å². The van der Waals surface area contributed by atoms with Crippen molar-refractivity contribution in [1.82, 2.24) is 10.2 Å². The minimum atomic E-state index is -3.86. The van der Waals surface area contributed by atoms with Gasteiger partial charge in [-0.1, -0.05) is 36.4 Å². The van der Waals surface area contributed by atoms with Crippen LogP contribution >= 0.6 is 0 Å². The maximum absolute atomic E-state index is 13.3. The summed E-state index contributed by atoms with van der Waals surface area (Å²) in [6, 6.07) is 15.5. The van der Waals surface area contributed by atoms with Gasteiger partial charge in [0.15, 0.2) is 0 Å². The number of anilines is 1. The fourth-order valence-electron chi connectivity index (χ4n) is 3.82. The molecule has 1 amide bonds. The summed E-state index contributed by atoms with van der Waals surface area (Å²) in [4.78, 5) is 15.2. The molecule has 6 nitrogen and oxygen atoms in total. The lowest BCUT2D eigenvalue weighted by Gasteiger charge is -2.29. The SMILES string of the molecule is Cc1ccccc1N(CC(=O)NCCC1CCN(C)CC1)S(=O)(=O)c1ccccc1. The maximum atomic E-state index is 13.3. The fourth-order valence-corrected chi connectivity index (χ4v) is 5.32. The Labute approximate surface area is 179 Å². The van der Waals surface area contributed by atoms with Crippen LogP contribution in [0.5, 0.6) is 0 Å². The molecule has 1 saturated heterocycles. The minimum absolute atomic E-state index is 0.173. The molecule has 0 atom stereocenters. The van der Waals surface area contributed by atoms with Crippen molar-refractivity contribution < 1.29 is 13.2 Å². The molecule has 3 rings (SSSR count). The van der Waals surface area contributed by atoms with Crippen molar-refractivity contribution in [3.63, 3.8) is 0 Å². The number of piperidine rings is 1. The number of hydrogen-bond donors (Lipinski definition) is 1. The van der Waals surface area contributed by atoms with Crippen LogP contribution in [0.1, 0.15) is 24.8 Å². The standard InChI is InChI=1S/C23H31N3O3S/c1-19-8-6-7-11-22(19)26(30(28,29)21-9-4-3-5-10-21)18-23(27)24-15-12-20-13-16-25(2)17-14-20/h3-11,20H,12-18H2,1-2H3,(H,24,27). The number of carbonyl (C=O) groups is 1. The number of aryl methyl sites for hydroxylation is 1. The van der Waals surface area contributed by atoms with E-state index < -0.39 is 10.0 Å². The molecule has 0 radical (unpaired) electrons. The van der Waals surface area contributed by atoms with Crippen LogP contribution in [0.4, 0.5) is 5.69 Å². The topological polar surface area (TPSA) is 69.7 Å². The van der Waals surface area contributed by atoms with Crippen LogP contribution < -0.4 is 9.62 Å². The molecular weight excluding hydrogens is 398 g/mol. The first-order chi connectivity index (χ1) is 14.4. The zero-order chi connectivity index (χ0) is 21.6. The third-order valence-electron chi connectivity index (χ3n) is 5.72. The molecule has 0 saturated carbocycles. The highest BCUT2D eigenvalue weighted by Gasteiger charge is 2.28. The molecule has 1 aliphatic heterocycles. The Balaban J connectivity index is 1.70. The molecule has 1 fully saturated rings. The second kappa shape index (κ2) is 10.1. The van der Waals surface area contributed by atoms with Crippen molar-refractivity contribution in [1.29, 1.82) is 0 Å². The molecule has 162 valence electrons. The van der Waals surface area contributed by atoms with Gasteiger partial charge in [-0.05, 0) is 76.0 Å². The van der Waals surface area contributed by atoms with Crippen LogP contribution in [0.25, 0.3) is 0 Å². The van der Waals surface area contributed by atoms with Gasteiger partial charge in [0, 0.05) is 6.54 Å². The van der Waals surface area contributed by atoms with Crippen LogP contribution in [0.15, 0.2) is 59.5 Å². The molecule has 1 heterocycles. The van der Waals surface area contributed by atoms with Crippen molar-refractivity contribution in [2.45, 2.75) is 31.1 Å². The monoisotopic (exact) mass is 429 g/mol. The molecule has 1 N–H and O–H groups in total. The Kier molecular flexibility index (Phi) is 7.50. The number of sulfonamides is 1. The first kappa shape index (κ1) is 22.3. The first-order valence-corrected chi connectivity index (χ1v) is 11.9. The van der Waals surface area contributed by atoms with Crippen molar-refractivity contribution in [3.05, 3.63) is 60.2 Å². The molecule has 2 aromatic carbocycles.